The highest BCUT2D eigenvalue weighted by Gasteiger charge is 2.21. The van der Waals surface area contributed by atoms with E-state index in [9.17, 15) is 9.59 Å². The molecule has 0 bridgehead atoms. The lowest BCUT2D eigenvalue weighted by atomic mass is 9.88. The fourth-order valence-corrected chi connectivity index (χ4v) is 3.04. The summed E-state index contributed by atoms with van der Waals surface area (Å²) in [5.41, 5.74) is 2.50. The van der Waals surface area contributed by atoms with Crippen LogP contribution < -0.4 is 10.9 Å². The lowest BCUT2D eigenvalue weighted by Gasteiger charge is -2.26. The van der Waals surface area contributed by atoms with Gasteiger partial charge in [0, 0.05) is 25.2 Å². The number of fused-ring (bicyclic) bond motifs is 1. The van der Waals surface area contributed by atoms with Gasteiger partial charge >= 0.3 is 0 Å². The van der Waals surface area contributed by atoms with Crippen LogP contribution in [0.15, 0.2) is 53.5 Å². The molecule has 1 amide bonds. The van der Waals surface area contributed by atoms with Crippen molar-refractivity contribution >= 4 is 5.91 Å². The molecule has 1 heterocycles. The van der Waals surface area contributed by atoms with Gasteiger partial charge in [-0.2, -0.15) is 0 Å². The van der Waals surface area contributed by atoms with Crippen LogP contribution in [0.3, 0.4) is 0 Å². The van der Waals surface area contributed by atoms with Crippen LogP contribution in [-0.2, 0) is 17.8 Å². The third kappa shape index (κ3) is 3.27. The Labute approximate surface area is 129 Å². The van der Waals surface area contributed by atoms with Gasteiger partial charge in [-0.3, -0.25) is 9.59 Å². The minimum atomic E-state index is -0.0710. The van der Waals surface area contributed by atoms with Crippen molar-refractivity contribution in [3.63, 3.8) is 0 Å². The summed E-state index contributed by atoms with van der Waals surface area (Å²) in [5.74, 6) is -0.00236. The molecule has 22 heavy (non-hydrogen) atoms. The minimum Gasteiger partial charge on any atom is -0.349 e. The summed E-state index contributed by atoms with van der Waals surface area (Å²) in [7, 11) is 0. The molecule has 0 saturated heterocycles. The molecule has 1 N–H and O–H groups in total. The van der Waals surface area contributed by atoms with E-state index in [1.165, 1.54) is 17.2 Å². The zero-order chi connectivity index (χ0) is 15.4. The van der Waals surface area contributed by atoms with Gasteiger partial charge in [0.25, 0.3) is 5.56 Å². The first kappa shape index (κ1) is 14.6. The minimum absolute atomic E-state index is 0.00236. The molecule has 4 heteroatoms. The van der Waals surface area contributed by atoms with E-state index in [0.717, 1.165) is 19.3 Å². The van der Waals surface area contributed by atoms with Gasteiger partial charge in [-0.25, -0.2) is 0 Å². The number of carbonyl (C=O) groups is 1. The van der Waals surface area contributed by atoms with Gasteiger partial charge in [-0.15, -0.1) is 0 Å². The molecule has 0 saturated carbocycles. The van der Waals surface area contributed by atoms with Gasteiger partial charge in [-0.05, 0) is 36.5 Å². The highest BCUT2D eigenvalue weighted by molar-refractivity contribution is 5.76. The summed E-state index contributed by atoms with van der Waals surface area (Å²) in [5, 5.41) is 3.11. The van der Waals surface area contributed by atoms with Crippen molar-refractivity contribution < 1.29 is 4.79 Å². The monoisotopic (exact) mass is 296 g/mol. The number of benzene rings is 1. The Balaban J connectivity index is 1.61. The van der Waals surface area contributed by atoms with Crippen LogP contribution in [0.2, 0.25) is 0 Å². The van der Waals surface area contributed by atoms with Crippen molar-refractivity contribution in [3.05, 3.63) is 70.1 Å². The lowest BCUT2D eigenvalue weighted by Crippen LogP contribution is -2.32. The SMILES string of the molecule is O=C(CCn1ccccc1=O)N[C@H]1CCCc2ccccc21. The van der Waals surface area contributed by atoms with Gasteiger partial charge < -0.3 is 9.88 Å². The third-order valence-electron chi connectivity index (χ3n) is 4.18. The van der Waals surface area contributed by atoms with Crippen molar-refractivity contribution in [1.82, 2.24) is 9.88 Å². The molecule has 0 aliphatic heterocycles. The van der Waals surface area contributed by atoms with E-state index in [1.54, 1.807) is 22.9 Å². The van der Waals surface area contributed by atoms with Crippen LogP contribution in [0.5, 0.6) is 0 Å². The van der Waals surface area contributed by atoms with Crippen LogP contribution in [0.4, 0.5) is 0 Å². The zero-order valence-electron chi connectivity index (χ0n) is 12.5. The van der Waals surface area contributed by atoms with Gasteiger partial charge in [0.2, 0.25) is 5.91 Å². The Morgan fingerprint density at radius 2 is 2.00 bits per heavy atom. The average Bonchev–Trinajstić information content (AvgIpc) is 2.54. The highest BCUT2D eigenvalue weighted by Crippen LogP contribution is 2.29. The van der Waals surface area contributed by atoms with Gasteiger partial charge in [-0.1, -0.05) is 30.3 Å². The summed E-state index contributed by atoms with van der Waals surface area (Å²) in [4.78, 5) is 23.8. The van der Waals surface area contributed by atoms with Crippen molar-refractivity contribution in [2.75, 3.05) is 0 Å². The fraction of sp³-hybridized carbons (Fsp3) is 0.333. The smallest absolute Gasteiger partial charge is 0.250 e. The van der Waals surface area contributed by atoms with Crippen LogP contribution in [0.1, 0.15) is 36.4 Å². The summed E-state index contributed by atoms with van der Waals surface area (Å²) in [6.07, 6.45) is 5.20. The maximum absolute atomic E-state index is 12.2. The van der Waals surface area contributed by atoms with E-state index in [1.807, 2.05) is 12.1 Å². The molecule has 0 spiro atoms. The number of rotatable bonds is 4. The van der Waals surface area contributed by atoms with E-state index in [4.69, 9.17) is 0 Å². The maximum Gasteiger partial charge on any atom is 0.250 e. The Morgan fingerprint density at radius 3 is 2.86 bits per heavy atom. The Hall–Kier alpha value is -2.36. The van der Waals surface area contributed by atoms with Gasteiger partial charge in [0.1, 0.15) is 0 Å². The van der Waals surface area contributed by atoms with Crippen LogP contribution in [0.25, 0.3) is 0 Å². The topological polar surface area (TPSA) is 51.1 Å². The maximum atomic E-state index is 12.2. The lowest BCUT2D eigenvalue weighted by molar-refractivity contribution is -0.122. The molecular weight excluding hydrogens is 276 g/mol. The van der Waals surface area contributed by atoms with Crippen LogP contribution in [0, 0.1) is 0 Å². The van der Waals surface area contributed by atoms with E-state index in [2.05, 4.69) is 17.4 Å². The largest absolute Gasteiger partial charge is 0.349 e. The number of aromatic nitrogens is 1. The number of nitrogens with one attached hydrogen (secondary N) is 1. The van der Waals surface area contributed by atoms with Crippen molar-refractivity contribution in [2.45, 2.75) is 38.3 Å². The Kier molecular flexibility index (Phi) is 4.37. The molecule has 1 aliphatic rings. The van der Waals surface area contributed by atoms with Crippen LogP contribution >= 0.6 is 0 Å². The molecule has 1 aliphatic carbocycles. The number of carbonyl (C=O) groups excluding carboxylic acids is 1. The molecule has 3 rings (SSSR count). The van der Waals surface area contributed by atoms with Gasteiger partial charge in [0.05, 0.1) is 6.04 Å². The second-order valence-corrected chi connectivity index (χ2v) is 5.69. The Bertz CT molecular complexity index is 721. The zero-order valence-corrected chi connectivity index (χ0v) is 12.5. The van der Waals surface area contributed by atoms with E-state index in [-0.39, 0.29) is 17.5 Å². The quantitative estimate of drug-likeness (QED) is 0.942. The highest BCUT2D eigenvalue weighted by atomic mass is 16.2. The molecule has 1 atom stereocenters. The van der Waals surface area contributed by atoms with Crippen molar-refractivity contribution in [1.29, 1.82) is 0 Å². The number of hydrogen-bond donors (Lipinski definition) is 1. The number of nitrogens with zero attached hydrogens (tertiary/aromatic N) is 1. The molecule has 0 radical (unpaired) electrons. The fourth-order valence-electron chi connectivity index (χ4n) is 3.04. The van der Waals surface area contributed by atoms with Gasteiger partial charge in [0.15, 0.2) is 0 Å². The Morgan fingerprint density at radius 1 is 1.18 bits per heavy atom. The van der Waals surface area contributed by atoms with Crippen LogP contribution in [-0.4, -0.2) is 10.5 Å². The number of aryl methyl sites for hydroxylation is 2. The number of amides is 1. The molecule has 4 nitrogen and oxygen atoms in total. The average molecular weight is 296 g/mol. The summed E-state index contributed by atoms with van der Waals surface area (Å²) in [6, 6.07) is 13.4. The summed E-state index contributed by atoms with van der Waals surface area (Å²) in [6.45, 7) is 0.417. The second kappa shape index (κ2) is 6.60. The number of hydrogen-bond acceptors (Lipinski definition) is 2. The van der Waals surface area contributed by atoms with E-state index < -0.39 is 0 Å². The predicted octanol–water partition coefficient (Wildman–Crippen LogP) is 2.43. The molecule has 1 aromatic heterocycles. The van der Waals surface area contributed by atoms with Crippen molar-refractivity contribution in [3.8, 4) is 0 Å². The normalized spacial score (nSPS) is 16.8. The molecule has 0 unspecified atom stereocenters. The predicted molar refractivity (Wildman–Crippen MR) is 85.6 cm³/mol. The first-order valence-electron chi connectivity index (χ1n) is 7.77. The first-order chi connectivity index (χ1) is 10.7. The molecular formula is C18H20N2O2. The molecule has 2 aromatic rings. The third-order valence-corrected chi connectivity index (χ3v) is 4.18. The molecule has 114 valence electrons. The van der Waals surface area contributed by atoms with E-state index in [0.29, 0.717) is 13.0 Å². The molecule has 1 aromatic carbocycles. The standard InChI is InChI=1S/C18H20N2O2/c21-17(11-13-20-12-4-3-10-18(20)22)19-16-9-5-7-14-6-1-2-8-15(14)16/h1-4,6,8,10,12,16H,5,7,9,11,13H2,(H,19,21)/t16-/m0/s1. The molecule has 0 fully saturated rings. The van der Waals surface area contributed by atoms with Crippen molar-refractivity contribution in [2.24, 2.45) is 0 Å². The summed E-state index contributed by atoms with van der Waals surface area (Å²) < 4.78 is 1.56. The first-order valence-corrected chi connectivity index (χ1v) is 7.77. The second-order valence-electron chi connectivity index (χ2n) is 5.69. The summed E-state index contributed by atoms with van der Waals surface area (Å²) >= 11 is 0. The van der Waals surface area contributed by atoms with E-state index >= 15 is 0 Å². The number of pyridine rings is 1.